The fourth-order valence-corrected chi connectivity index (χ4v) is 4.09. The molecule has 0 aliphatic carbocycles. The lowest BCUT2D eigenvalue weighted by Crippen LogP contribution is -2.32. The Balaban J connectivity index is 1.62. The normalized spacial score (nSPS) is 13.4. The summed E-state index contributed by atoms with van der Waals surface area (Å²) >= 11 is 0. The summed E-state index contributed by atoms with van der Waals surface area (Å²) in [6.45, 7) is 2.49. The van der Waals surface area contributed by atoms with Gasteiger partial charge in [-0.3, -0.25) is 4.79 Å². The van der Waals surface area contributed by atoms with Crippen LogP contribution >= 0.6 is 0 Å². The van der Waals surface area contributed by atoms with Gasteiger partial charge < -0.3 is 14.0 Å². The summed E-state index contributed by atoms with van der Waals surface area (Å²) in [6.07, 6.45) is 0.299. The minimum absolute atomic E-state index is 0.183. The Morgan fingerprint density at radius 1 is 1.03 bits per heavy atom. The predicted molar refractivity (Wildman–Crippen MR) is 114 cm³/mol. The Labute approximate surface area is 182 Å². The highest BCUT2D eigenvalue weighted by molar-refractivity contribution is 6.07. The molecule has 0 saturated heterocycles. The number of anilines is 1. The number of fused-ring (bicyclic) bond motifs is 2. The molecule has 162 valence electrons. The highest BCUT2D eigenvalue weighted by atomic mass is 19.4. The highest BCUT2D eigenvalue weighted by Gasteiger charge is 2.37. The molecule has 8 heteroatoms. The molecule has 0 fully saturated rings. The van der Waals surface area contributed by atoms with Gasteiger partial charge in [0.1, 0.15) is 0 Å². The van der Waals surface area contributed by atoms with Gasteiger partial charge in [-0.15, -0.1) is 0 Å². The average molecular weight is 436 g/mol. The Bertz CT molecular complexity index is 1320. The number of para-hydroxylation sites is 1. The number of halogens is 3. The number of rotatable bonds is 2. The van der Waals surface area contributed by atoms with Crippen molar-refractivity contribution in [3.63, 3.8) is 0 Å². The van der Waals surface area contributed by atoms with Gasteiger partial charge in [-0.05, 0) is 48.9 Å². The third-order valence-electron chi connectivity index (χ3n) is 5.66. The number of aryl methyl sites for hydroxylation is 1. The van der Waals surface area contributed by atoms with Crippen molar-refractivity contribution in [3.8, 4) is 5.69 Å². The summed E-state index contributed by atoms with van der Waals surface area (Å²) in [5, 5.41) is 0. The zero-order valence-corrected chi connectivity index (χ0v) is 17.2. The predicted octanol–water partition coefficient (Wildman–Crippen LogP) is 5.21. The van der Waals surface area contributed by atoms with E-state index in [0.29, 0.717) is 23.6 Å². The van der Waals surface area contributed by atoms with Gasteiger partial charge in [0, 0.05) is 36.0 Å². The Hall–Kier alpha value is -3.81. The van der Waals surface area contributed by atoms with Gasteiger partial charge in [0.05, 0.1) is 29.7 Å². The lowest BCUT2D eigenvalue weighted by atomic mass is 10.0. The van der Waals surface area contributed by atoms with Crippen molar-refractivity contribution in [2.24, 2.45) is 0 Å². The summed E-state index contributed by atoms with van der Waals surface area (Å²) in [5.41, 5.74) is 1.96. The number of hydrogen-bond acceptors (Lipinski definition) is 2. The van der Waals surface area contributed by atoms with Crippen molar-refractivity contribution in [3.05, 3.63) is 101 Å². The largest absolute Gasteiger partial charge is 0.417 e. The second kappa shape index (κ2) is 7.40. The van der Waals surface area contributed by atoms with Gasteiger partial charge in [-0.25, -0.2) is 4.98 Å². The molecule has 1 aliphatic rings. The first-order chi connectivity index (χ1) is 15.3. The van der Waals surface area contributed by atoms with Gasteiger partial charge in [0.2, 0.25) is 0 Å². The monoisotopic (exact) mass is 436 g/mol. The molecular weight excluding hydrogens is 417 g/mol. The highest BCUT2D eigenvalue weighted by Crippen LogP contribution is 2.36. The van der Waals surface area contributed by atoms with Gasteiger partial charge >= 0.3 is 6.18 Å². The maximum Gasteiger partial charge on any atom is 0.417 e. The van der Waals surface area contributed by atoms with Crippen LogP contribution in [0.25, 0.3) is 5.69 Å². The summed E-state index contributed by atoms with van der Waals surface area (Å²) in [4.78, 5) is 19.1. The number of alkyl halides is 3. The van der Waals surface area contributed by atoms with Crippen LogP contribution in [0.3, 0.4) is 0 Å². The smallest absolute Gasteiger partial charge is 0.345 e. The van der Waals surface area contributed by atoms with Crippen LogP contribution in [0, 0.1) is 6.92 Å². The first-order valence-corrected chi connectivity index (χ1v) is 10.1. The quantitative estimate of drug-likeness (QED) is 0.433. The molecule has 0 bridgehead atoms. The molecule has 0 unspecified atom stereocenters. The van der Waals surface area contributed by atoms with Crippen molar-refractivity contribution in [1.29, 1.82) is 0 Å². The molecule has 0 saturated carbocycles. The summed E-state index contributed by atoms with van der Waals surface area (Å²) in [7, 11) is 0. The fourth-order valence-electron chi connectivity index (χ4n) is 4.09. The molecule has 32 heavy (non-hydrogen) atoms. The second-order valence-corrected chi connectivity index (χ2v) is 7.80. The molecule has 0 atom stereocenters. The van der Waals surface area contributed by atoms with Crippen LogP contribution in [-0.2, 0) is 19.3 Å². The molecule has 2 aromatic heterocycles. The molecule has 0 radical (unpaired) electrons. The van der Waals surface area contributed by atoms with Crippen LogP contribution in [-0.4, -0.2) is 20.0 Å². The van der Waals surface area contributed by atoms with Crippen molar-refractivity contribution in [1.82, 2.24) is 14.1 Å². The number of nitrogens with zero attached hydrogens (tertiary/aromatic N) is 4. The number of amides is 1. The standard InChI is InChI=1S/C24H19F3N4O/c1-16-12-30(15-28-16)18-8-9-20(21(11-18)24(25,26)27)23(32)31-14-19-6-4-10-29(19)13-17-5-2-3-7-22(17)31/h2-12,15H,13-14H2,1H3. The minimum Gasteiger partial charge on any atom is -0.345 e. The van der Waals surface area contributed by atoms with Crippen LogP contribution < -0.4 is 4.90 Å². The fraction of sp³-hybridized carbons (Fsp3) is 0.167. The van der Waals surface area contributed by atoms with Crippen LogP contribution in [0.4, 0.5) is 18.9 Å². The van der Waals surface area contributed by atoms with Crippen LogP contribution in [0.2, 0.25) is 0 Å². The Morgan fingerprint density at radius 2 is 1.84 bits per heavy atom. The summed E-state index contributed by atoms with van der Waals surface area (Å²) in [5.74, 6) is -0.687. The Kier molecular flexibility index (Phi) is 4.65. The van der Waals surface area contributed by atoms with Gasteiger partial charge in [0.25, 0.3) is 5.91 Å². The van der Waals surface area contributed by atoms with Crippen molar-refractivity contribution < 1.29 is 18.0 Å². The van der Waals surface area contributed by atoms with Crippen LogP contribution in [0.15, 0.2) is 73.3 Å². The van der Waals surface area contributed by atoms with E-state index in [1.165, 1.54) is 27.9 Å². The van der Waals surface area contributed by atoms with E-state index in [0.717, 1.165) is 17.3 Å². The van der Waals surface area contributed by atoms with Crippen molar-refractivity contribution in [2.45, 2.75) is 26.2 Å². The van der Waals surface area contributed by atoms with E-state index in [1.807, 2.05) is 35.0 Å². The topological polar surface area (TPSA) is 43.1 Å². The molecule has 1 amide bonds. The molecule has 2 aromatic carbocycles. The maximum absolute atomic E-state index is 14.0. The van der Waals surface area contributed by atoms with E-state index in [4.69, 9.17) is 0 Å². The third kappa shape index (κ3) is 3.47. The van der Waals surface area contributed by atoms with Crippen molar-refractivity contribution >= 4 is 11.6 Å². The summed E-state index contributed by atoms with van der Waals surface area (Å²) in [6, 6.07) is 14.8. The first kappa shape index (κ1) is 20.1. The van der Waals surface area contributed by atoms with E-state index in [-0.39, 0.29) is 12.1 Å². The zero-order chi connectivity index (χ0) is 22.5. The molecule has 5 rings (SSSR count). The number of benzene rings is 2. The summed E-state index contributed by atoms with van der Waals surface area (Å²) < 4.78 is 45.6. The molecule has 4 aromatic rings. The van der Waals surface area contributed by atoms with E-state index in [1.54, 1.807) is 25.3 Å². The molecule has 3 heterocycles. The molecule has 1 aliphatic heterocycles. The average Bonchev–Trinajstić information content (AvgIpc) is 3.36. The number of imidazole rings is 1. The number of hydrogen-bond donors (Lipinski definition) is 0. The lowest BCUT2D eigenvalue weighted by molar-refractivity contribution is -0.137. The van der Waals surface area contributed by atoms with Gasteiger partial charge in [-0.2, -0.15) is 13.2 Å². The maximum atomic E-state index is 14.0. The van der Waals surface area contributed by atoms with Gasteiger partial charge in [0.15, 0.2) is 0 Å². The van der Waals surface area contributed by atoms with E-state index >= 15 is 0 Å². The molecular formula is C24H19F3N4O. The SMILES string of the molecule is Cc1cn(-c2ccc(C(=O)N3Cc4cccn4Cc4ccccc43)c(C(F)(F)F)c2)cn1. The van der Waals surface area contributed by atoms with Crippen LogP contribution in [0.1, 0.15) is 32.9 Å². The molecule has 5 nitrogen and oxygen atoms in total. The molecule has 0 N–H and O–H groups in total. The van der Waals surface area contributed by atoms with Crippen LogP contribution in [0.5, 0.6) is 0 Å². The number of carbonyl (C=O) groups excluding carboxylic acids is 1. The molecule has 0 spiro atoms. The van der Waals surface area contributed by atoms with Crippen molar-refractivity contribution in [2.75, 3.05) is 4.90 Å². The number of aromatic nitrogens is 3. The second-order valence-electron chi connectivity index (χ2n) is 7.80. The minimum atomic E-state index is -4.69. The van der Waals surface area contributed by atoms with E-state index < -0.39 is 17.6 Å². The Morgan fingerprint density at radius 3 is 2.59 bits per heavy atom. The number of carbonyl (C=O) groups is 1. The zero-order valence-electron chi connectivity index (χ0n) is 17.2. The third-order valence-corrected chi connectivity index (χ3v) is 5.66. The van der Waals surface area contributed by atoms with E-state index in [9.17, 15) is 18.0 Å². The lowest BCUT2D eigenvalue weighted by Gasteiger charge is -2.24. The van der Waals surface area contributed by atoms with E-state index in [2.05, 4.69) is 4.98 Å². The van der Waals surface area contributed by atoms with Gasteiger partial charge in [-0.1, -0.05) is 18.2 Å². The first-order valence-electron chi connectivity index (χ1n) is 10.1.